The molecule has 3 rings (SSSR count). The summed E-state index contributed by atoms with van der Waals surface area (Å²) < 4.78 is 28.8. The molecule has 0 spiro atoms. The van der Waals surface area contributed by atoms with Crippen molar-refractivity contribution in [3.63, 3.8) is 0 Å². The Morgan fingerprint density at radius 1 is 0.974 bits per heavy atom. The minimum absolute atomic E-state index is 0.0540. The Morgan fingerprint density at radius 3 is 2.26 bits per heavy atom. The number of amides is 2. The second-order valence-corrected chi connectivity index (χ2v) is 11.7. The van der Waals surface area contributed by atoms with E-state index in [1.807, 2.05) is 37.3 Å². The molecule has 0 radical (unpaired) electrons. The molecule has 3 aromatic rings. The van der Waals surface area contributed by atoms with Crippen molar-refractivity contribution in [1.29, 1.82) is 0 Å². The highest BCUT2D eigenvalue weighted by Crippen LogP contribution is 2.29. The largest absolute Gasteiger partial charge is 0.354 e. The maximum Gasteiger partial charge on any atom is 0.264 e. The summed E-state index contributed by atoms with van der Waals surface area (Å²) in [5.74, 6) is -0.760. The van der Waals surface area contributed by atoms with Crippen LogP contribution in [0.5, 0.6) is 0 Å². The van der Waals surface area contributed by atoms with Crippen molar-refractivity contribution in [1.82, 2.24) is 10.2 Å². The molecule has 208 valence electrons. The lowest BCUT2D eigenvalue weighted by Gasteiger charge is -2.32. The third-order valence-electron chi connectivity index (χ3n) is 6.53. The number of hydrogen-bond acceptors (Lipinski definition) is 4. The number of benzene rings is 3. The fourth-order valence-corrected chi connectivity index (χ4v) is 5.85. The van der Waals surface area contributed by atoms with E-state index in [1.165, 1.54) is 17.0 Å². The molecule has 0 aliphatic rings. The molecule has 9 heteroatoms. The lowest BCUT2D eigenvalue weighted by molar-refractivity contribution is -0.138. The lowest BCUT2D eigenvalue weighted by atomic mass is 10.1. The van der Waals surface area contributed by atoms with Gasteiger partial charge in [-0.2, -0.15) is 0 Å². The number of hydrogen-bond donors (Lipinski definition) is 1. The first-order chi connectivity index (χ1) is 18.6. The standard InChI is InChI=1S/C30H36ClN3O4S/c1-4-5-19-32-30(36)24(3)33(20-18-25-12-8-6-9-13-25)29(35)22-34(28-21-26(31)17-16-23(28)2)39(37,38)27-14-10-7-11-15-27/h6-17,21,24H,4-5,18-20,22H2,1-3H3,(H,32,36)/t24-/m1/s1. The average molecular weight is 570 g/mol. The van der Waals surface area contributed by atoms with Crippen LogP contribution in [0.4, 0.5) is 5.69 Å². The molecule has 0 heterocycles. The van der Waals surface area contributed by atoms with E-state index in [-0.39, 0.29) is 17.3 Å². The summed E-state index contributed by atoms with van der Waals surface area (Å²) in [5, 5.41) is 3.24. The minimum Gasteiger partial charge on any atom is -0.354 e. The van der Waals surface area contributed by atoms with E-state index in [9.17, 15) is 18.0 Å². The number of carbonyl (C=O) groups excluding carboxylic acids is 2. The van der Waals surface area contributed by atoms with Crippen LogP contribution in [-0.2, 0) is 26.0 Å². The van der Waals surface area contributed by atoms with Crippen molar-refractivity contribution < 1.29 is 18.0 Å². The van der Waals surface area contributed by atoms with Crippen LogP contribution >= 0.6 is 11.6 Å². The molecule has 0 aliphatic carbocycles. The summed E-state index contributed by atoms with van der Waals surface area (Å²) in [6.45, 7) is 5.74. The molecule has 3 aromatic carbocycles. The van der Waals surface area contributed by atoms with Crippen LogP contribution in [-0.4, -0.2) is 50.8 Å². The van der Waals surface area contributed by atoms with Gasteiger partial charge in [-0.15, -0.1) is 0 Å². The summed E-state index contributed by atoms with van der Waals surface area (Å²) in [5.41, 5.74) is 1.96. The molecule has 0 bridgehead atoms. The Labute approximate surface area is 236 Å². The number of aryl methyl sites for hydroxylation is 1. The predicted molar refractivity (Wildman–Crippen MR) is 156 cm³/mol. The Balaban J connectivity index is 1.97. The van der Waals surface area contributed by atoms with Crippen molar-refractivity contribution in [2.24, 2.45) is 0 Å². The number of anilines is 1. The molecule has 39 heavy (non-hydrogen) atoms. The van der Waals surface area contributed by atoms with Gasteiger partial charge in [-0.3, -0.25) is 13.9 Å². The highest BCUT2D eigenvalue weighted by Gasteiger charge is 2.33. The van der Waals surface area contributed by atoms with Crippen LogP contribution < -0.4 is 9.62 Å². The quantitative estimate of drug-likeness (QED) is 0.286. The number of sulfonamides is 1. The van der Waals surface area contributed by atoms with Crippen molar-refractivity contribution in [2.75, 3.05) is 23.9 Å². The molecule has 0 unspecified atom stereocenters. The first-order valence-corrected chi connectivity index (χ1v) is 14.9. The normalized spacial score (nSPS) is 12.0. The number of unbranched alkanes of at least 4 members (excludes halogenated alkanes) is 1. The van der Waals surface area contributed by atoms with Crippen LogP contribution in [0.25, 0.3) is 0 Å². The second-order valence-electron chi connectivity index (χ2n) is 9.40. The zero-order valence-electron chi connectivity index (χ0n) is 22.6. The van der Waals surface area contributed by atoms with Crippen molar-refractivity contribution >= 4 is 39.1 Å². The third-order valence-corrected chi connectivity index (χ3v) is 8.54. The van der Waals surface area contributed by atoms with Gasteiger partial charge in [0.2, 0.25) is 11.8 Å². The van der Waals surface area contributed by atoms with E-state index in [0.717, 1.165) is 22.7 Å². The summed E-state index contributed by atoms with van der Waals surface area (Å²) in [6, 6.07) is 21.8. The SMILES string of the molecule is CCCCNC(=O)[C@@H](C)N(CCc1ccccc1)C(=O)CN(c1cc(Cl)ccc1C)S(=O)(=O)c1ccccc1. The number of nitrogens with one attached hydrogen (secondary N) is 1. The maximum absolute atomic E-state index is 13.9. The van der Waals surface area contributed by atoms with E-state index in [1.54, 1.807) is 50.2 Å². The topological polar surface area (TPSA) is 86.8 Å². The zero-order chi connectivity index (χ0) is 28.4. The van der Waals surface area contributed by atoms with Gasteiger partial charge in [0, 0.05) is 18.1 Å². The maximum atomic E-state index is 13.9. The first-order valence-electron chi connectivity index (χ1n) is 13.1. The van der Waals surface area contributed by atoms with Gasteiger partial charge in [0.05, 0.1) is 10.6 Å². The predicted octanol–water partition coefficient (Wildman–Crippen LogP) is 5.22. The van der Waals surface area contributed by atoms with Crippen LogP contribution in [0, 0.1) is 6.92 Å². The summed E-state index contributed by atoms with van der Waals surface area (Å²) in [4.78, 5) is 28.4. The molecule has 1 atom stereocenters. The van der Waals surface area contributed by atoms with Gasteiger partial charge < -0.3 is 10.2 Å². The fraction of sp³-hybridized carbons (Fsp3) is 0.333. The smallest absolute Gasteiger partial charge is 0.264 e. The molecular formula is C30H36ClN3O4S. The molecule has 7 nitrogen and oxygen atoms in total. The Morgan fingerprint density at radius 2 is 1.62 bits per heavy atom. The van der Waals surface area contributed by atoms with E-state index in [2.05, 4.69) is 5.32 Å². The highest BCUT2D eigenvalue weighted by atomic mass is 35.5. The first kappa shape index (κ1) is 30.2. The van der Waals surface area contributed by atoms with E-state index in [4.69, 9.17) is 11.6 Å². The van der Waals surface area contributed by atoms with Crippen LogP contribution in [0.15, 0.2) is 83.8 Å². The van der Waals surface area contributed by atoms with Crippen molar-refractivity contribution in [2.45, 2.75) is 51.0 Å². The van der Waals surface area contributed by atoms with E-state index >= 15 is 0 Å². The molecule has 0 saturated heterocycles. The van der Waals surface area contributed by atoms with Crippen LogP contribution in [0.2, 0.25) is 5.02 Å². The zero-order valence-corrected chi connectivity index (χ0v) is 24.2. The summed E-state index contributed by atoms with van der Waals surface area (Å²) >= 11 is 6.26. The Kier molecular flexibility index (Phi) is 10.9. The van der Waals surface area contributed by atoms with Gasteiger partial charge >= 0.3 is 0 Å². The number of nitrogens with zero attached hydrogens (tertiary/aromatic N) is 2. The van der Waals surface area contributed by atoms with E-state index in [0.29, 0.717) is 29.2 Å². The van der Waals surface area contributed by atoms with Crippen molar-refractivity contribution in [3.05, 3.63) is 95.0 Å². The number of halogens is 1. The van der Waals surface area contributed by atoms with Crippen LogP contribution in [0.3, 0.4) is 0 Å². The van der Waals surface area contributed by atoms with Gasteiger partial charge in [0.25, 0.3) is 10.0 Å². The molecule has 1 N–H and O–H groups in total. The van der Waals surface area contributed by atoms with Gasteiger partial charge in [-0.1, -0.05) is 79.5 Å². The van der Waals surface area contributed by atoms with Gasteiger partial charge in [-0.05, 0) is 62.1 Å². The molecule has 0 saturated carbocycles. The van der Waals surface area contributed by atoms with E-state index < -0.39 is 28.5 Å². The van der Waals surface area contributed by atoms with Gasteiger partial charge in [0.15, 0.2) is 0 Å². The summed E-state index contributed by atoms with van der Waals surface area (Å²) in [6.07, 6.45) is 2.27. The monoisotopic (exact) mass is 569 g/mol. The minimum atomic E-state index is -4.13. The highest BCUT2D eigenvalue weighted by molar-refractivity contribution is 7.92. The fourth-order valence-electron chi connectivity index (χ4n) is 4.19. The van der Waals surface area contributed by atoms with Crippen LogP contribution in [0.1, 0.15) is 37.8 Å². The number of carbonyl (C=O) groups is 2. The molecular weight excluding hydrogens is 534 g/mol. The number of rotatable bonds is 13. The summed E-state index contributed by atoms with van der Waals surface area (Å²) in [7, 11) is -4.13. The Bertz CT molecular complexity index is 1350. The van der Waals surface area contributed by atoms with Crippen molar-refractivity contribution in [3.8, 4) is 0 Å². The molecule has 0 aliphatic heterocycles. The molecule has 0 fully saturated rings. The second kappa shape index (κ2) is 14.1. The lowest BCUT2D eigenvalue weighted by Crippen LogP contribution is -2.52. The molecule has 2 amide bonds. The average Bonchev–Trinajstić information content (AvgIpc) is 2.94. The molecule has 0 aromatic heterocycles. The Hall–Kier alpha value is -3.36. The van der Waals surface area contributed by atoms with Gasteiger partial charge in [0.1, 0.15) is 12.6 Å². The van der Waals surface area contributed by atoms with Gasteiger partial charge in [-0.25, -0.2) is 8.42 Å². The third kappa shape index (κ3) is 8.07.